The van der Waals surface area contributed by atoms with E-state index in [2.05, 4.69) is 52.5 Å². The topological polar surface area (TPSA) is 376 Å². The van der Waals surface area contributed by atoms with E-state index in [4.69, 9.17) is 17.2 Å². The lowest BCUT2D eigenvalue weighted by molar-refractivity contribution is -0.143. The van der Waals surface area contributed by atoms with Crippen LogP contribution in [0, 0.1) is 35.5 Å². The highest BCUT2D eigenvalue weighted by Crippen LogP contribution is 2.20. The normalized spacial score (nSPS) is 14.8. The predicted octanol–water partition coefficient (Wildman–Crippen LogP) is 2.79. The third kappa shape index (κ3) is 24.1. The maximum Gasteiger partial charge on any atom is 0.326 e. The number of nitrogens with one attached hydrogen (secondary N) is 9. The van der Waals surface area contributed by atoms with E-state index in [1.54, 1.807) is 64.2 Å². The van der Waals surface area contributed by atoms with Crippen molar-refractivity contribution < 1.29 is 48.3 Å². The summed E-state index contributed by atoms with van der Waals surface area (Å²) in [4.78, 5) is 133. The highest BCUT2D eigenvalue weighted by Gasteiger charge is 2.37. The first-order valence-electron chi connectivity index (χ1n) is 29.0. The smallest absolute Gasteiger partial charge is 0.326 e. The van der Waals surface area contributed by atoms with Gasteiger partial charge >= 0.3 is 5.97 Å². The minimum Gasteiger partial charge on any atom is -0.480 e. The second kappa shape index (κ2) is 34.1. The number of H-pyrrole nitrogens is 1. The summed E-state index contributed by atoms with van der Waals surface area (Å²) in [6.07, 6.45) is 2.99. The van der Waals surface area contributed by atoms with Gasteiger partial charge in [-0.05, 0) is 91.2 Å². The molecule has 0 saturated heterocycles. The number of aliphatic carboxylic acids is 1. The molecule has 0 spiro atoms. The number of carboxylic acids is 1. The summed E-state index contributed by atoms with van der Waals surface area (Å²) in [5.41, 5.74) is 19.4. The minimum atomic E-state index is -1.28. The number of hydrogen-bond acceptors (Lipinski definition) is 11. The zero-order valence-corrected chi connectivity index (χ0v) is 50.6. The number of carboxylic acid groups (broad SMARTS) is 1. The Hall–Kier alpha value is -7.56. The van der Waals surface area contributed by atoms with Crippen LogP contribution in [0.5, 0.6) is 0 Å². The fourth-order valence-corrected chi connectivity index (χ4v) is 9.44. The highest BCUT2D eigenvalue weighted by molar-refractivity contribution is 5.98. The molecule has 0 aliphatic heterocycles. The van der Waals surface area contributed by atoms with Crippen LogP contribution in [0.4, 0.5) is 0 Å². The lowest BCUT2D eigenvalue weighted by atomic mass is 9.97. The molecule has 0 unspecified atom stereocenters. The summed E-state index contributed by atoms with van der Waals surface area (Å²) < 4.78 is 0. The van der Waals surface area contributed by atoms with Gasteiger partial charge in [0.25, 0.3) is 0 Å². The Morgan fingerprint density at radius 1 is 0.482 bits per heavy atom. The number of guanidine groups is 1. The Morgan fingerprint density at radius 2 is 0.867 bits per heavy atom. The molecule has 1 heterocycles. The fraction of sp³-hybridized carbons (Fsp3) is 0.600. The van der Waals surface area contributed by atoms with Gasteiger partial charge in [-0.1, -0.05) is 132 Å². The third-order valence-electron chi connectivity index (χ3n) is 13.8. The Balaban J connectivity index is 1.89. The largest absolute Gasteiger partial charge is 0.480 e. The number of aromatic amines is 1. The molecule has 0 fully saturated rings. The zero-order valence-electron chi connectivity index (χ0n) is 50.6. The van der Waals surface area contributed by atoms with Crippen molar-refractivity contribution in [3.05, 3.63) is 71.9 Å². The third-order valence-corrected chi connectivity index (χ3v) is 13.8. The number of aromatic nitrogens is 1. The zero-order chi connectivity index (χ0) is 62.2. The molecule has 0 aliphatic rings. The molecular weight excluding hydrogens is 1060 g/mol. The summed E-state index contributed by atoms with van der Waals surface area (Å²) in [6, 6.07) is 5.73. The molecule has 2 aromatic carbocycles. The van der Waals surface area contributed by atoms with Crippen molar-refractivity contribution in [1.29, 1.82) is 0 Å². The van der Waals surface area contributed by atoms with Crippen LogP contribution in [0.2, 0.25) is 0 Å². The van der Waals surface area contributed by atoms with Crippen LogP contribution in [-0.4, -0.2) is 130 Å². The number of nitrogens with zero attached hydrogens (tertiary/aromatic N) is 1. The first kappa shape index (κ1) is 69.7. The van der Waals surface area contributed by atoms with Crippen LogP contribution in [0.25, 0.3) is 10.9 Å². The van der Waals surface area contributed by atoms with Gasteiger partial charge in [-0.15, -0.1) is 0 Å². The average Bonchev–Trinajstić information content (AvgIpc) is 3.81. The predicted molar refractivity (Wildman–Crippen MR) is 321 cm³/mol. The molecule has 8 amide bonds. The molecular formula is C60H95N13O10. The number of amides is 8. The number of fused-ring (bicyclic) bond motifs is 1. The number of carbonyl (C=O) groups excluding carboxylic acids is 8. The van der Waals surface area contributed by atoms with Crippen LogP contribution in [0.3, 0.4) is 0 Å². The summed E-state index contributed by atoms with van der Waals surface area (Å²) in [5, 5.41) is 32.9. The lowest BCUT2D eigenvalue weighted by Crippen LogP contribution is -2.62. The molecule has 23 nitrogen and oxygen atoms in total. The summed E-state index contributed by atoms with van der Waals surface area (Å²) in [7, 11) is 0. The van der Waals surface area contributed by atoms with Gasteiger partial charge < -0.3 is 69.8 Å². The average molecular weight is 1160 g/mol. The molecule has 0 radical (unpaired) electrons. The first-order valence-corrected chi connectivity index (χ1v) is 29.0. The molecule has 460 valence electrons. The fourth-order valence-electron chi connectivity index (χ4n) is 9.44. The SMILES string of the molecule is CC(C)C[C@H](NC(=O)[C@H](CC(C)C)NC(=O)[C@H](CC(C)C)NC(=O)[C@H](CC(C)C)NC(=O)[C@@H](NC(=O)[C@@H](NC(=O)[C@H](Cc1ccccc1)NC(=O)[C@H](Cc1c[nH]c2ccccc12)NC(=O)[C@@H](N)CCCN=C(N)N)C(C)C)C(C)C)C(=O)O. The van der Waals surface area contributed by atoms with E-state index in [-0.39, 0.29) is 81.1 Å². The molecule has 1 aromatic heterocycles. The molecule has 3 aromatic rings. The quantitative estimate of drug-likeness (QED) is 0.0229. The Labute approximate surface area is 489 Å². The van der Waals surface area contributed by atoms with Crippen molar-refractivity contribution in [2.24, 2.45) is 57.7 Å². The molecule has 0 saturated carbocycles. The number of benzene rings is 2. The van der Waals surface area contributed by atoms with Crippen molar-refractivity contribution in [2.75, 3.05) is 6.54 Å². The number of hydrogen-bond donors (Lipinski definition) is 13. The molecule has 0 bridgehead atoms. The van der Waals surface area contributed by atoms with Crippen molar-refractivity contribution >= 4 is 70.1 Å². The number of carbonyl (C=O) groups is 9. The van der Waals surface area contributed by atoms with Crippen molar-refractivity contribution in [3.8, 4) is 0 Å². The summed E-state index contributed by atoms with van der Waals surface area (Å²) >= 11 is 0. The molecule has 0 aliphatic carbocycles. The van der Waals surface area contributed by atoms with Gasteiger partial charge in [0.05, 0.1) is 6.04 Å². The number of rotatable bonds is 35. The Kier molecular flexibility index (Phi) is 28.7. The van der Waals surface area contributed by atoms with Gasteiger partial charge in [-0.3, -0.25) is 43.3 Å². The number of nitrogens with two attached hydrogens (primary N) is 3. The second-order valence-electron chi connectivity index (χ2n) is 24.0. The number of para-hydroxylation sites is 1. The van der Waals surface area contributed by atoms with Gasteiger partial charge in [0, 0.05) is 36.5 Å². The summed E-state index contributed by atoms with van der Waals surface area (Å²) in [6.45, 7) is 21.9. The van der Waals surface area contributed by atoms with Gasteiger partial charge in [0.2, 0.25) is 47.3 Å². The van der Waals surface area contributed by atoms with E-state index in [9.17, 15) is 48.3 Å². The van der Waals surface area contributed by atoms with Gasteiger partial charge in [-0.2, -0.15) is 0 Å². The van der Waals surface area contributed by atoms with Crippen molar-refractivity contribution in [2.45, 2.75) is 189 Å². The van der Waals surface area contributed by atoms with E-state index in [1.165, 1.54) is 0 Å². The molecule has 3 rings (SSSR count). The Bertz CT molecular complexity index is 2650. The second-order valence-corrected chi connectivity index (χ2v) is 24.0. The standard InChI is InChI=1S/C60H95N13O10/c1-32(2)25-43(52(75)68-44(26-33(3)4)54(77)71-48(59(82)83)28-35(7)8)67-53(76)45(27-34(5)6)70-57(80)49(36(9)10)73-58(81)50(37(11)12)72-56(79)46(29-38-19-14-13-15-20-38)69-55(78)47(30-39-31-65-42-23-17-16-21-40(39)42)66-51(74)41(61)22-18-24-64-60(62)63/h13-17,19-21,23,31-37,41,43-50,65H,18,22,24-30,61H2,1-12H3,(H,66,74)(H,67,76)(H,68,75)(H,69,78)(H,70,80)(H,71,77)(H,72,79)(H,73,81)(H,82,83)(H4,62,63,64)/t41-,43-,44-,45-,46-,47-,48-,49-,50-/m0/s1. The van der Waals surface area contributed by atoms with Gasteiger partial charge in [0.15, 0.2) is 5.96 Å². The van der Waals surface area contributed by atoms with Crippen LogP contribution < -0.4 is 59.7 Å². The van der Waals surface area contributed by atoms with E-state index in [0.29, 0.717) is 17.5 Å². The molecule has 83 heavy (non-hydrogen) atoms. The lowest BCUT2D eigenvalue weighted by Gasteiger charge is -2.31. The first-order chi connectivity index (χ1) is 39.0. The Morgan fingerprint density at radius 3 is 1.35 bits per heavy atom. The van der Waals surface area contributed by atoms with Gasteiger partial charge in [-0.25, -0.2) is 4.79 Å². The van der Waals surface area contributed by atoms with Gasteiger partial charge in [0.1, 0.15) is 48.3 Å². The van der Waals surface area contributed by atoms with Crippen molar-refractivity contribution in [1.82, 2.24) is 47.5 Å². The maximum atomic E-state index is 14.6. The van der Waals surface area contributed by atoms with E-state index >= 15 is 0 Å². The van der Waals surface area contributed by atoms with E-state index in [0.717, 1.165) is 10.9 Å². The maximum absolute atomic E-state index is 14.6. The van der Waals surface area contributed by atoms with Crippen LogP contribution >= 0.6 is 0 Å². The molecule has 9 atom stereocenters. The molecule has 23 heteroatoms. The van der Waals surface area contributed by atoms with Crippen molar-refractivity contribution in [3.63, 3.8) is 0 Å². The monoisotopic (exact) mass is 1160 g/mol. The highest BCUT2D eigenvalue weighted by atomic mass is 16.4. The van der Waals surface area contributed by atoms with Crippen LogP contribution in [0.15, 0.2) is 65.8 Å². The molecule has 16 N–H and O–H groups in total. The number of aliphatic imine (C=N–C) groups is 1. The van der Waals surface area contributed by atoms with Crippen LogP contribution in [-0.2, 0) is 56.0 Å². The minimum absolute atomic E-state index is 0.0147. The summed E-state index contributed by atoms with van der Waals surface area (Å²) in [5.74, 6) is -8.26. The van der Waals surface area contributed by atoms with E-state index < -0.39 is 119 Å². The van der Waals surface area contributed by atoms with Crippen LogP contribution in [0.1, 0.15) is 133 Å². The van der Waals surface area contributed by atoms with E-state index in [1.807, 2.05) is 79.7 Å².